The molecule has 0 bridgehead atoms. The summed E-state index contributed by atoms with van der Waals surface area (Å²) in [6.45, 7) is 1.89. The van der Waals surface area contributed by atoms with Gasteiger partial charge in [0, 0.05) is 0 Å². The van der Waals surface area contributed by atoms with E-state index >= 15 is 0 Å². The lowest BCUT2D eigenvalue weighted by molar-refractivity contribution is -0.119. The Balaban J connectivity index is 1.48. The molecule has 0 aliphatic carbocycles. The fourth-order valence-corrected chi connectivity index (χ4v) is 2.83. The minimum Gasteiger partial charge on any atom is -0.489 e. The Morgan fingerprint density at radius 1 is 0.966 bits per heavy atom. The van der Waals surface area contributed by atoms with E-state index in [0.717, 1.165) is 16.9 Å². The van der Waals surface area contributed by atoms with Crippen molar-refractivity contribution >= 4 is 29.2 Å². The first kappa shape index (κ1) is 20.4. The van der Waals surface area contributed by atoms with Crippen LogP contribution in [0.25, 0.3) is 0 Å². The van der Waals surface area contributed by atoms with E-state index in [0.29, 0.717) is 22.9 Å². The predicted molar refractivity (Wildman–Crippen MR) is 112 cm³/mol. The van der Waals surface area contributed by atoms with Crippen molar-refractivity contribution in [1.82, 2.24) is 0 Å². The van der Waals surface area contributed by atoms with E-state index in [2.05, 4.69) is 5.32 Å². The molecule has 6 heteroatoms. The third-order valence-electron chi connectivity index (χ3n) is 4.07. The van der Waals surface area contributed by atoms with E-state index in [1.165, 1.54) is 0 Å². The molecule has 0 atom stereocenters. The normalized spacial score (nSPS) is 10.3. The van der Waals surface area contributed by atoms with Crippen LogP contribution in [0.4, 0.5) is 5.69 Å². The smallest absolute Gasteiger partial charge is 0.338 e. The minimum atomic E-state index is -0.578. The van der Waals surface area contributed by atoms with E-state index in [1.54, 1.807) is 36.4 Å². The first-order chi connectivity index (χ1) is 14.0. The summed E-state index contributed by atoms with van der Waals surface area (Å²) in [6.07, 6.45) is 0. The van der Waals surface area contributed by atoms with Gasteiger partial charge in [0.1, 0.15) is 12.4 Å². The van der Waals surface area contributed by atoms with Crippen LogP contribution in [0.5, 0.6) is 5.75 Å². The van der Waals surface area contributed by atoms with Crippen LogP contribution >= 0.6 is 11.6 Å². The molecule has 0 aliphatic rings. The Labute approximate surface area is 174 Å². The molecule has 0 spiro atoms. The third-order valence-corrected chi connectivity index (χ3v) is 4.38. The van der Waals surface area contributed by atoms with E-state index in [1.807, 2.05) is 43.3 Å². The molecule has 0 aromatic heterocycles. The molecule has 5 nitrogen and oxygen atoms in total. The average Bonchev–Trinajstić information content (AvgIpc) is 2.73. The molecule has 3 aromatic carbocycles. The van der Waals surface area contributed by atoms with Crippen molar-refractivity contribution in [2.24, 2.45) is 0 Å². The van der Waals surface area contributed by atoms with Crippen molar-refractivity contribution in [3.05, 3.63) is 94.5 Å². The summed E-state index contributed by atoms with van der Waals surface area (Å²) >= 11 is 6.08. The van der Waals surface area contributed by atoms with Gasteiger partial charge in [-0.15, -0.1) is 0 Å². The molecule has 0 saturated heterocycles. The van der Waals surface area contributed by atoms with Gasteiger partial charge in [0.05, 0.1) is 16.3 Å². The lowest BCUT2D eigenvalue weighted by Crippen LogP contribution is -2.21. The summed E-state index contributed by atoms with van der Waals surface area (Å²) in [5, 5.41) is 3.05. The Hall–Kier alpha value is -3.31. The summed E-state index contributed by atoms with van der Waals surface area (Å²) in [5.74, 6) is -0.265. The number of hydrogen-bond donors (Lipinski definition) is 1. The first-order valence-electron chi connectivity index (χ1n) is 9.01. The average molecular weight is 410 g/mol. The number of para-hydroxylation sites is 1. The van der Waals surface area contributed by atoms with Crippen LogP contribution < -0.4 is 10.1 Å². The number of esters is 1. The molecule has 0 heterocycles. The first-order valence-corrected chi connectivity index (χ1v) is 9.39. The fourth-order valence-electron chi connectivity index (χ4n) is 2.54. The zero-order valence-electron chi connectivity index (χ0n) is 15.9. The number of aryl methyl sites for hydroxylation is 1. The summed E-state index contributed by atoms with van der Waals surface area (Å²) in [7, 11) is 0. The van der Waals surface area contributed by atoms with Gasteiger partial charge in [-0.3, -0.25) is 4.79 Å². The molecular formula is C23H20ClNO4. The van der Waals surface area contributed by atoms with Gasteiger partial charge in [-0.2, -0.15) is 0 Å². The van der Waals surface area contributed by atoms with E-state index < -0.39 is 18.5 Å². The number of benzene rings is 3. The molecule has 1 amide bonds. The Morgan fingerprint density at radius 2 is 1.69 bits per heavy atom. The van der Waals surface area contributed by atoms with E-state index in [-0.39, 0.29) is 0 Å². The second-order valence-corrected chi connectivity index (χ2v) is 6.81. The number of nitrogens with one attached hydrogen (secondary N) is 1. The van der Waals surface area contributed by atoms with Crippen LogP contribution in [0.1, 0.15) is 21.5 Å². The number of carbonyl (C=O) groups is 2. The van der Waals surface area contributed by atoms with Crippen molar-refractivity contribution in [1.29, 1.82) is 0 Å². The Bertz CT molecular complexity index is 988. The van der Waals surface area contributed by atoms with Crippen molar-refractivity contribution in [2.45, 2.75) is 13.5 Å². The lowest BCUT2D eigenvalue weighted by atomic mass is 10.1. The molecule has 0 aliphatic heterocycles. The molecule has 0 radical (unpaired) electrons. The van der Waals surface area contributed by atoms with Gasteiger partial charge in [0.25, 0.3) is 5.91 Å². The SMILES string of the molecule is Cc1ccc(NC(=O)COC(=O)c2ccc(COc3ccccc3)cc2)c(Cl)c1. The van der Waals surface area contributed by atoms with Gasteiger partial charge >= 0.3 is 5.97 Å². The number of ether oxygens (including phenoxy) is 2. The second kappa shape index (κ2) is 9.75. The molecular weight excluding hydrogens is 390 g/mol. The van der Waals surface area contributed by atoms with Crippen molar-refractivity contribution in [3.8, 4) is 5.75 Å². The van der Waals surface area contributed by atoms with Gasteiger partial charge in [-0.05, 0) is 54.4 Å². The van der Waals surface area contributed by atoms with Crippen molar-refractivity contribution in [2.75, 3.05) is 11.9 Å². The van der Waals surface area contributed by atoms with Crippen LogP contribution in [0, 0.1) is 6.92 Å². The van der Waals surface area contributed by atoms with Gasteiger partial charge < -0.3 is 14.8 Å². The molecule has 29 heavy (non-hydrogen) atoms. The number of anilines is 1. The number of rotatable bonds is 7. The highest BCUT2D eigenvalue weighted by molar-refractivity contribution is 6.33. The number of amides is 1. The monoisotopic (exact) mass is 409 g/mol. The summed E-state index contributed by atoms with van der Waals surface area (Å²) in [6, 6.07) is 21.6. The number of carbonyl (C=O) groups excluding carboxylic acids is 2. The number of halogens is 1. The van der Waals surface area contributed by atoms with Crippen LogP contribution in [0.15, 0.2) is 72.8 Å². The van der Waals surface area contributed by atoms with Crippen molar-refractivity contribution < 1.29 is 19.1 Å². The molecule has 0 saturated carbocycles. The molecule has 0 fully saturated rings. The molecule has 3 aromatic rings. The van der Waals surface area contributed by atoms with Crippen LogP contribution in [0.2, 0.25) is 5.02 Å². The predicted octanol–water partition coefficient (Wildman–Crippen LogP) is 5.02. The highest BCUT2D eigenvalue weighted by atomic mass is 35.5. The largest absolute Gasteiger partial charge is 0.489 e. The second-order valence-electron chi connectivity index (χ2n) is 6.41. The van der Waals surface area contributed by atoms with Crippen LogP contribution in [0.3, 0.4) is 0 Å². The zero-order chi connectivity index (χ0) is 20.6. The quantitative estimate of drug-likeness (QED) is 0.556. The molecule has 0 unspecified atom stereocenters. The molecule has 1 N–H and O–H groups in total. The van der Waals surface area contributed by atoms with Gasteiger partial charge in [0.2, 0.25) is 0 Å². The van der Waals surface area contributed by atoms with Crippen LogP contribution in [-0.4, -0.2) is 18.5 Å². The van der Waals surface area contributed by atoms with Crippen molar-refractivity contribution in [3.63, 3.8) is 0 Å². The van der Waals surface area contributed by atoms with Gasteiger partial charge in [-0.25, -0.2) is 4.79 Å². The standard InChI is InChI=1S/C23H20ClNO4/c1-16-7-12-21(20(24)13-16)25-22(26)15-29-23(27)18-10-8-17(9-11-18)14-28-19-5-3-2-4-6-19/h2-13H,14-15H2,1H3,(H,25,26). The van der Waals surface area contributed by atoms with E-state index in [9.17, 15) is 9.59 Å². The molecule has 148 valence electrons. The summed E-state index contributed by atoms with van der Waals surface area (Å²) < 4.78 is 10.7. The van der Waals surface area contributed by atoms with Gasteiger partial charge in [-0.1, -0.05) is 48.0 Å². The fraction of sp³-hybridized carbons (Fsp3) is 0.130. The zero-order valence-corrected chi connectivity index (χ0v) is 16.6. The maximum Gasteiger partial charge on any atom is 0.338 e. The highest BCUT2D eigenvalue weighted by Crippen LogP contribution is 2.22. The Morgan fingerprint density at radius 3 is 2.38 bits per heavy atom. The maximum atomic E-state index is 12.1. The van der Waals surface area contributed by atoms with E-state index in [4.69, 9.17) is 21.1 Å². The Kier molecular flexibility index (Phi) is 6.87. The summed E-state index contributed by atoms with van der Waals surface area (Å²) in [5.41, 5.74) is 2.73. The number of hydrogen-bond acceptors (Lipinski definition) is 4. The van der Waals surface area contributed by atoms with Gasteiger partial charge in [0.15, 0.2) is 6.61 Å². The maximum absolute atomic E-state index is 12.1. The summed E-state index contributed by atoms with van der Waals surface area (Å²) in [4.78, 5) is 24.1. The minimum absolute atomic E-state index is 0.356. The topological polar surface area (TPSA) is 64.6 Å². The lowest BCUT2D eigenvalue weighted by Gasteiger charge is -2.09. The van der Waals surface area contributed by atoms with Crippen LogP contribution in [-0.2, 0) is 16.1 Å². The highest BCUT2D eigenvalue weighted by Gasteiger charge is 2.12. The third kappa shape index (κ3) is 6.09. The molecule has 3 rings (SSSR count).